The van der Waals surface area contributed by atoms with Gasteiger partial charge in [0, 0.05) is 15.6 Å². The van der Waals surface area contributed by atoms with Crippen molar-refractivity contribution in [1.29, 1.82) is 0 Å². The van der Waals surface area contributed by atoms with E-state index in [2.05, 4.69) is 5.32 Å². The number of amides is 1. The zero-order valence-electron chi connectivity index (χ0n) is 14.7. The Labute approximate surface area is 171 Å². The van der Waals surface area contributed by atoms with E-state index in [1.165, 1.54) is 42.5 Å². The second-order valence-electron chi connectivity index (χ2n) is 6.52. The van der Waals surface area contributed by atoms with Crippen LogP contribution in [-0.2, 0) is 14.6 Å². The molecule has 1 aliphatic carbocycles. The molecule has 0 saturated heterocycles. The van der Waals surface area contributed by atoms with E-state index in [0.717, 1.165) is 0 Å². The van der Waals surface area contributed by atoms with Crippen molar-refractivity contribution in [2.75, 3.05) is 5.32 Å². The summed E-state index contributed by atoms with van der Waals surface area (Å²) in [5.41, 5.74) is 0.285. The first-order chi connectivity index (χ1) is 13.2. The number of nitrogens with one attached hydrogen (secondary N) is 1. The number of anilines is 1. The molecule has 0 heterocycles. The lowest BCUT2D eigenvalue weighted by atomic mass is 10.1. The van der Waals surface area contributed by atoms with Gasteiger partial charge < -0.3 is 5.32 Å². The Kier molecular flexibility index (Phi) is 6.31. The Morgan fingerprint density at radius 1 is 1.11 bits per heavy atom. The number of halogens is 3. The van der Waals surface area contributed by atoms with E-state index in [-0.39, 0.29) is 28.3 Å². The summed E-state index contributed by atoms with van der Waals surface area (Å²) >= 11 is 6.21. The SMILES string of the molecule is O=C(Nc1cccc(SC(F)F)c1)C1(S(=O)(=O)c2ccc(Cl)cc2)CCCC1. The van der Waals surface area contributed by atoms with Gasteiger partial charge in [0.1, 0.15) is 0 Å². The third-order valence-electron chi connectivity index (χ3n) is 4.78. The third-order valence-corrected chi connectivity index (χ3v) is 8.25. The summed E-state index contributed by atoms with van der Waals surface area (Å²) in [5.74, 6) is -3.23. The molecule has 150 valence electrons. The van der Waals surface area contributed by atoms with Crippen LogP contribution >= 0.6 is 23.4 Å². The number of sulfone groups is 1. The minimum Gasteiger partial charge on any atom is -0.325 e. The van der Waals surface area contributed by atoms with Crippen molar-refractivity contribution in [1.82, 2.24) is 0 Å². The Balaban J connectivity index is 1.91. The van der Waals surface area contributed by atoms with Crippen LogP contribution in [0.1, 0.15) is 25.7 Å². The molecular weight excluding hydrogens is 428 g/mol. The number of benzene rings is 2. The van der Waals surface area contributed by atoms with Crippen molar-refractivity contribution in [3.63, 3.8) is 0 Å². The molecule has 28 heavy (non-hydrogen) atoms. The molecule has 1 amide bonds. The summed E-state index contributed by atoms with van der Waals surface area (Å²) in [4.78, 5) is 13.4. The quantitative estimate of drug-likeness (QED) is 0.606. The minimum atomic E-state index is -3.96. The van der Waals surface area contributed by atoms with Gasteiger partial charge in [0.15, 0.2) is 14.6 Å². The van der Waals surface area contributed by atoms with Gasteiger partial charge in [-0.3, -0.25) is 4.79 Å². The van der Waals surface area contributed by atoms with Crippen LogP contribution < -0.4 is 5.32 Å². The molecule has 0 atom stereocenters. The molecule has 1 saturated carbocycles. The van der Waals surface area contributed by atoms with Gasteiger partial charge in [-0.25, -0.2) is 8.42 Å². The molecule has 1 aliphatic rings. The largest absolute Gasteiger partial charge is 0.325 e. The molecule has 0 spiro atoms. The van der Waals surface area contributed by atoms with E-state index in [1.54, 1.807) is 6.07 Å². The first-order valence-corrected chi connectivity index (χ1v) is 11.4. The molecule has 0 bridgehead atoms. The van der Waals surface area contributed by atoms with E-state index >= 15 is 0 Å². The number of rotatable bonds is 6. The van der Waals surface area contributed by atoms with Crippen molar-refractivity contribution in [3.05, 3.63) is 53.6 Å². The van der Waals surface area contributed by atoms with Gasteiger partial charge in [-0.1, -0.05) is 42.3 Å². The molecule has 2 aromatic carbocycles. The number of carbonyl (C=O) groups excluding carboxylic acids is 1. The number of hydrogen-bond donors (Lipinski definition) is 1. The fourth-order valence-corrected chi connectivity index (χ4v) is 6.15. The average molecular weight is 446 g/mol. The van der Waals surface area contributed by atoms with Crippen LogP contribution in [0.4, 0.5) is 14.5 Å². The summed E-state index contributed by atoms with van der Waals surface area (Å²) < 4.78 is 50.2. The van der Waals surface area contributed by atoms with Crippen molar-refractivity contribution in [2.24, 2.45) is 0 Å². The lowest BCUT2D eigenvalue weighted by Crippen LogP contribution is -2.47. The Morgan fingerprint density at radius 3 is 2.36 bits per heavy atom. The van der Waals surface area contributed by atoms with E-state index in [9.17, 15) is 22.0 Å². The monoisotopic (exact) mass is 445 g/mol. The molecule has 0 unspecified atom stereocenters. The van der Waals surface area contributed by atoms with Gasteiger partial charge in [-0.15, -0.1) is 0 Å². The fraction of sp³-hybridized carbons (Fsp3) is 0.316. The Morgan fingerprint density at radius 2 is 1.75 bits per heavy atom. The van der Waals surface area contributed by atoms with Crippen molar-refractivity contribution >= 4 is 44.8 Å². The second-order valence-corrected chi connectivity index (χ2v) is 10.3. The van der Waals surface area contributed by atoms with Crippen LogP contribution in [0.3, 0.4) is 0 Å². The molecule has 4 nitrogen and oxygen atoms in total. The van der Waals surface area contributed by atoms with E-state index in [4.69, 9.17) is 11.6 Å². The van der Waals surface area contributed by atoms with Crippen molar-refractivity contribution in [2.45, 2.75) is 46.0 Å². The number of alkyl halides is 2. The molecule has 2 aromatic rings. The highest BCUT2D eigenvalue weighted by Gasteiger charge is 2.52. The van der Waals surface area contributed by atoms with Crippen LogP contribution in [-0.4, -0.2) is 24.8 Å². The molecule has 0 radical (unpaired) electrons. The lowest BCUT2D eigenvalue weighted by Gasteiger charge is -2.27. The summed E-state index contributed by atoms with van der Waals surface area (Å²) in [7, 11) is -3.96. The first-order valence-electron chi connectivity index (χ1n) is 8.61. The van der Waals surface area contributed by atoms with Gasteiger partial charge in [0.05, 0.1) is 4.90 Å². The predicted molar refractivity (Wildman–Crippen MR) is 107 cm³/mol. The van der Waals surface area contributed by atoms with Crippen molar-refractivity contribution in [3.8, 4) is 0 Å². The van der Waals surface area contributed by atoms with E-state index < -0.39 is 26.2 Å². The number of carbonyl (C=O) groups is 1. The predicted octanol–water partition coefficient (Wildman–Crippen LogP) is 5.38. The maximum Gasteiger partial charge on any atom is 0.288 e. The zero-order chi connectivity index (χ0) is 20.4. The number of thioether (sulfide) groups is 1. The minimum absolute atomic E-state index is 0.0379. The zero-order valence-corrected chi connectivity index (χ0v) is 17.1. The second kappa shape index (κ2) is 8.39. The molecule has 0 aromatic heterocycles. The third kappa shape index (κ3) is 4.18. The molecule has 1 N–H and O–H groups in total. The highest BCUT2D eigenvalue weighted by Crippen LogP contribution is 2.42. The molecule has 3 rings (SSSR count). The highest BCUT2D eigenvalue weighted by atomic mass is 35.5. The fourth-order valence-electron chi connectivity index (χ4n) is 3.40. The van der Waals surface area contributed by atoms with Crippen LogP contribution in [0.2, 0.25) is 5.02 Å². The molecule has 0 aliphatic heterocycles. The topological polar surface area (TPSA) is 63.2 Å². The van der Waals surface area contributed by atoms with Gasteiger partial charge in [-0.2, -0.15) is 8.78 Å². The van der Waals surface area contributed by atoms with Gasteiger partial charge in [-0.05, 0) is 55.3 Å². The van der Waals surface area contributed by atoms with Crippen molar-refractivity contribution < 1.29 is 22.0 Å². The van der Waals surface area contributed by atoms with Gasteiger partial charge in [0.2, 0.25) is 5.91 Å². The standard InChI is InChI=1S/C19H18ClF2NO3S2/c20-13-6-8-16(9-7-13)28(25,26)19(10-1-2-11-19)17(24)23-14-4-3-5-15(12-14)27-18(21)22/h3-9,12,18H,1-2,10-11H2,(H,23,24). The smallest absolute Gasteiger partial charge is 0.288 e. The molecular formula is C19H18ClF2NO3S2. The van der Waals surface area contributed by atoms with Gasteiger partial charge >= 0.3 is 0 Å². The van der Waals surface area contributed by atoms with Crippen LogP contribution in [0.15, 0.2) is 58.3 Å². The van der Waals surface area contributed by atoms with Crippen LogP contribution in [0.25, 0.3) is 0 Å². The normalized spacial score (nSPS) is 16.3. The van der Waals surface area contributed by atoms with E-state index in [1.807, 2.05) is 0 Å². The summed E-state index contributed by atoms with van der Waals surface area (Å²) in [5, 5.41) is 3.02. The maximum absolute atomic E-state index is 13.3. The van der Waals surface area contributed by atoms with Crippen LogP contribution in [0, 0.1) is 0 Å². The molecule has 9 heteroatoms. The summed E-state index contributed by atoms with van der Waals surface area (Å²) in [6.07, 6.45) is 1.63. The Bertz CT molecular complexity index is 959. The maximum atomic E-state index is 13.3. The lowest BCUT2D eigenvalue weighted by molar-refractivity contribution is -0.118. The first kappa shape index (κ1) is 21.1. The highest BCUT2D eigenvalue weighted by molar-refractivity contribution is 7.99. The van der Waals surface area contributed by atoms with Crippen LogP contribution in [0.5, 0.6) is 0 Å². The molecule has 1 fully saturated rings. The average Bonchev–Trinajstić information content (AvgIpc) is 3.13. The van der Waals surface area contributed by atoms with Gasteiger partial charge in [0.25, 0.3) is 5.76 Å². The van der Waals surface area contributed by atoms with E-state index in [0.29, 0.717) is 29.6 Å². The summed E-state index contributed by atoms with van der Waals surface area (Å²) in [6.45, 7) is 0. The number of hydrogen-bond acceptors (Lipinski definition) is 4. The Hall–Kier alpha value is -1.64. The summed E-state index contributed by atoms with van der Waals surface area (Å²) in [6, 6.07) is 11.7.